The lowest BCUT2D eigenvalue weighted by Gasteiger charge is -2.14. The van der Waals surface area contributed by atoms with E-state index in [0.29, 0.717) is 10.9 Å². The number of rotatable bonds is 4. The van der Waals surface area contributed by atoms with E-state index in [1.165, 1.54) is 5.56 Å². The summed E-state index contributed by atoms with van der Waals surface area (Å²) in [5.41, 5.74) is 1.95. The molecule has 3 unspecified atom stereocenters. The normalized spacial score (nSPS) is 22.2. The largest absolute Gasteiger partial charge is 0.481 e. The predicted molar refractivity (Wildman–Crippen MR) is 79.1 cm³/mol. The summed E-state index contributed by atoms with van der Waals surface area (Å²) in [6.45, 7) is 0. The molecule has 0 spiro atoms. The van der Waals surface area contributed by atoms with Crippen LogP contribution in [0.25, 0.3) is 0 Å². The number of carbonyl (C=O) groups is 1. The molecule has 3 atom stereocenters. The zero-order valence-electron chi connectivity index (χ0n) is 10.9. The molecule has 20 heavy (non-hydrogen) atoms. The van der Waals surface area contributed by atoms with Crippen LogP contribution in [0.1, 0.15) is 29.4 Å². The first-order chi connectivity index (χ1) is 9.68. The van der Waals surface area contributed by atoms with E-state index in [2.05, 4.69) is 12.1 Å². The van der Waals surface area contributed by atoms with Gasteiger partial charge in [0.05, 0.1) is 5.92 Å². The summed E-state index contributed by atoms with van der Waals surface area (Å²) in [7, 11) is 0. The van der Waals surface area contributed by atoms with E-state index in [-0.39, 0.29) is 5.92 Å². The van der Waals surface area contributed by atoms with Crippen molar-refractivity contribution in [1.29, 1.82) is 0 Å². The van der Waals surface area contributed by atoms with Crippen LogP contribution >= 0.6 is 11.6 Å². The van der Waals surface area contributed by atoms with E-state index < -0.39 is 11.9 Å². The average Bonchev–Trinajstić information content (AvgIpc) is 3.22. The minimum Gasteiger partial charge on any atom is -0.481 e. The zero-order valence-corrected chi connectivity index (χ0v) is 11.6. The lowest BCUT2D eigenvalue weighted by Crippen LogP contribution is -2.15. The Morgan fingerprint density at radius 3 is 2.40 bits per heavy atom. The molecule has 2 aromatic rings. The molecule has 102 valence electrons. The molecule has 0 heterocycles. The first-order valence-electron chi connectivity index (χ1n) is 6.70. The molecule has 1 aliphatic carbocycles. The molecule has 0 bridgehead atoms. The van der Waals surface area contributed by atoms with E-state index in [1.54, 1.807) is 6.07 Å². The number of hydrogen-bond donors (Lipinski definition) is 1. The van der Waals surface area contributed by atoms with Crippen molar-refractivity contribution in [3.8, 4) is 0 Å². The van der Waals surface area contributed by atoms with Gasteiger partial charge in [0.15, 0.2) is 0 Å². The fourth-order valence-corrected chi connectivity index (χ4v) is 3.19. The predicted octanol–water partition coefficient (Wildman–Crippen LogP) is 4.31. The summed E-state index contributed by atoms with van der Waals surface area (Å²) in [5, 5.41) is 10.1. The molecule has 1 N–H and O–H groups in total. The smallest absolute Gasteiger partial charge is 0.311 e. The Labute approximate surface area is 123 Å². The molecular formula is C17H15ClO2. The second-order valence-corrected chi connectivity index (χ2v) is 5.66. The van der Waals surface area contributed by atoms with Crippen molar-refractivity contribution in [3.63, 3.8) is 0 Å². The topological polar surface area (TPSA) is 37.3 Å². The number of carboxylic acid groups (broad SMARTS) is 1. The Hall–Kier alpha value is -1.80. The van der Waals surface area contributed by atoms with Gasteiger partial charge in [-0.15, -0.1) is 0 Å². The molecule has 2 nitrogen and oxygen atoms in total. The molecule has 1 saturated carbocycles. The first-order valence-corrected chi connectivity index (χ1v) is 7.08. The van der Waals surface area contributed by atoms with Crippen molar-refractivity contribution in [1.82, 2.24) is 0 Å². The maximum absolute atomic E-state index is 11.7. The molecule has 0 amide bonds. The van der Waals surface area contributed by atoms with Gasteiger partial charge in [-0.05, 0) is 35.4 Å². The lowest BCUT2D eigenvalue weighted by atomic mass is 9.92. The molecule has 1 fully saturated rings. The Morgan fingerprint density at radius 2 is 1.75 bits per heavy atom. The molecule has 2 aromatic carbocycles. The highest BCUT2D eigenvalue weighted by atomic mass is 35.5. The van der Waals surface area contributed by atoms with Crippen LogP contribution in [0.15, 0.2) is 54.6 Å². The van der Waals surface area contributed by atoms with E-state index in [0.717, 1.165) is 12.0 Å². The first kappa shape index (κ1) is 13.2. The highest BCUT2D eigenvalue weighted by molar-refractivity contribution is 6.31. The maximum Gasteiger partial charge on any atom is 0.311 e. The summed E-state index contributed by atoms with van der Waals surface area (Å²) in [6, 6.07) is 17.3. The maximum atomic E-state index is 11.7. The third kappa shape index (κ3) is 2.44. The van der Waals surface area contributed by atoms with Gasteiger partial charge in [0.25, 0.3) is 0 Å². The van der Waals surface area contributed by atoms with Crippen molar-refractivity contribution in [2.75, 3.05) is 0 Å². The second-order valence-electron chi connectivity index (χ2n) is 5.25. The standard InChI is InChI=1S/C17H15ClO2/c18-15-9-5-4-8-12(15)16(17(19)20)14-10-13(14)11-6-2-1-3-7-11/h1-9,13-14,16H,10H2,(H,19,20). The number of hydrogen-bond acceptors (Lipinski definition) is 1. The highest BCUT2D eigenvalue weighted by Crippen LogP contribution is 2.55. The lowest BCUT2D eigenvalue weighted by molar-refractivity contribution is -0.139. The third-order valence-corrected chi connectivity index (χ3v) is 4.35. The molecule has 3 heteroatoms. The number of halogens is 1. The van der Waals surface area contributed by atoms with Crippen LogP contribution in [0.2, 0.25) is 5.02 Å². The number of carboxylic acids is 1. The summed E-state index contributed by atoms with van der Waals surface area (Å²) >= 11 is 6.17. The number of benzene rings is 2. The van der Waals surface area contributed by atoms with Gasteiger partial charge in [-0.3, -0.25) is 4.79 Å². The average molecular weight is 287 g/mol. The SMILES string of the molecule is O=C(O)C(c1ccccc1Cl)C1CC1c1ccccc1. The molecule has 0 radical (unpaired) electrons. The molecular weight excluding hydrogens is 272 g/mol. The van der Waals surface area contributed by atoms with E-state index in [1.807, 2.05) is 36.4 Å². The molecule has 0 saturated heterocycles. The fourth-order valence-electron chi connectivity index (χ4n) is 2.94. The van der Waals surface area contributed by atoms with E-state index >= 15 is 0 Å². The van der Waals surface area contributed by atoms with E-state index in [9.17, 15) is 9.90 Å². The molecule has 0 aromatic heterocycles. The Kier molecular flexibility index (Phi) is 3.49. The highest BCUT2D eigenvalue weighted by Gasteiger charge is 2.47. The van der Waals surface area contributed by atoms with Gasteiger partial charge in [-0.1, -0.05) is 60.1 Å². The Bertz CT molecular complexity index is 624. The van der Waals surface area contributed by atoms with Crippen LogP contribution in [0.3, 0.4) is 0 Å². The van der Waals surface area contributed by atoms with Crippen molar-refractivity contribution in [2.45, 2.75) is 18.3 Å². The summed E-state index contributed by atoms with van der Waals surface area (Å²) in [4.78, 5) is 11.7. The molecule has 0 aliphatic heterocycles. The quantitative estimate of drug-likeness (QED) is 0.909. The van der Waals surface area contributed by atoms with Crippen LogP contribution < -0.4 is 0 Å². The van der Waals surface area contributed by atoms with Gasteiger partial charge in [0.1, 0.15) is 0 Å². The van der Waals surface area contributed by atoms with Crippen LogP contribution in [-0.4, -0.2) is 11.1 Å². The Morgan fingerprint density at radius 1 is 1.10 bits per heavy atom. The van der Waals surface area contributed by atoms with Gasteiger partial charge in [-0.25, -0.2) is 0 Å². The van der Waals surface area contributed by atoms with Crippen molar-refractivity contribution < 1.29 is 9.90 Å². The van der Waals surface area contributed by atoms with Crippen LogP contribution in [-0.2, 0) is 4.79 Å². The van der Waals surface area contributed by atoms with E-state index in [4.69, 9.17) is 11.6 Å². The Balaban J connectivity index is 1.88. The number of aliphatic carboxylic acids is 1. The van der Waals surface area contributed by atoms with Gasteiger partial charge < -0.3 is 5.11 Å². The minimum atomic E-state index is -0.790. The second kappa shape index (κ2) is 5.29. The zero-order chi connectivity index (χ0) is 14.1. The summed E-state index contributed by atoms with van der Waals surface area (Å²) in [5.74, 6) is -0.848. The van der Waals surface area contributed by atoms with Crippen molar-refractivity contribution in [3.05, 3.63) is 70.7 Å². The van der Waals surface area contributed by atoms with Crippen molar-refractivity contribution in [2.24, 2.45) is 5.92 Å². The molecule has 1 aliphatic rings. The summed E-state index contributed by atoms with van der Waals surface area (Å²) < 4.78 is 0. The van der Waals surface area contributed by atoms with Gasteiger partial charge in [0.2, 0.25) is 0 Å². The third-order valence-electron chi connectivity index (χ3n) is 4.00. The monoisotopic (exact) mass is 286 g/mol. The minimum absolute atomic E-state index is 0.134. The summed E-state index contributed by atoms with van der Waals surface area (Å²) in [6.07, 6.45) is 0.909. The fraction of sp³-hybridized carbons (Fsp3) is 0.235. The van der Waals surface area contributed by atoms with Crippen LogP contribution in [0.4, 0.5) is 0 Å². The van der Waals surface area contributed by atoms with Crippen molar-refractivity contribution >= 4 is 17.6 Å². The van der Waals surface area contributed by atoms with Crippen LogP contribution in [0, 0.1) is 5.92 Å². The van der Waals surface area contributed by atoms with Crippen LogP contribution in [0.5, 0.6) is 0 Å². The van der Waals surface area contributed by atoms with Gasteiger partial charge in [-0.2, -0.15) is 0 Å². The molecule has 3 rings (SSSR count). The van der Waals surface area contributed by atoms with Gasteiger partial charge >= 0.3 is 5.97 Å². The van der Waals surface area contributed by atoms with Gasteiger partial charge in [0, 0.05) is 5.02 Å².